The van der Waals surface area contributed by atoms with Crippen LogP contribution in [0.5, 0.6) is 0 Å². The lowest BCUT2D eigenvalue weighted by atomic mass is 9.67. The summed E-state index contributed by atoms with van der Waals surface area (Å²) in [5.41, 5.74) is 12.6. The molecule has 1 aliphatic carbocycles. The Morgan fingerprint density at radius 2 is 1.08 bits per heavy atom. The highest BCUT2D eigenvalue weighted by Gasteiger charge is 2.46. The van der Waals surface area contributed by atoms with Gasteiger partial charge >= 0.3 is 0 Å². The molecule has 0 saturated heterocycles. The molecule has 2 heterocycles. The van der Waals surface area contributed by atoms with Crippen molar-refractivity contribution in [2.24, 2.45) is 0 Å². The van der Waals surface area contributed by atoms with Gasteiger partial charge in [0.15, 0.2) is 5.82 Å². The number of rotatable bonds is 4. The maximum Gasteiger partial charge on any atom is 0.160 e. The lowest BCUT2D eigenvalue weighted by Gasteiger charge is -2.33. The van der Waals surface area contributed by atoms with E-state index in [1.165, 1.54) is 44.2 Å². The maximum absolute atomic E-state index is 6.70. The van der Waals surface area contributed by atoms with Crippen LogP contribution in [0.2, 0.25) is 0 Å². The van der Waals surface area contributed by atoms with Crippen LogP contribution in [-0.4, -0.2) is 9.97 Å². The van der Waals surface area contributed by atoms with Crippen molar-refractivity contribution in [3.05, 3.63) is 204 Å². The van der Waals surface area contributed by atoms with Gasteiger partial charge in [0.25, 0.3) is 0 Å². The molecule has 242 valence electrons. The van der Waals surface area contributed by atoms with Crippen molar-refractivity contribution < 1.29 is 4.42 Å². The quantitative estimate of drug-likeness (QED) is 0.188. The molecular weight excluding hydrogens is 633 g/mol. The van der Waals surface area contributed by atoms with Crippen LogP contribution in [0.15, 0.2) is 186 Å². The van der Waals surface area contributed by atoms with Crippen LogP contribution in [0.1, 0.15) is 22.3 Å². The molecular formula is C49H30N2O. The molecule has 0 fully saturated rings. The molecule has 0 saturated carbocycles. The molecule has 3 heteroatoms. The largest absolute Gasteiger partial charge is 0.456 e. The van der Waals surface area contributed by atoms with Crippen molar-refractivity contribution in [3.63, 3.8) is 0 Å². The minimum Gasteiger partial charge on any atom is -0.456 e. The molecule has 0 unspecified atom stereocenters. The first-order valence-corrected chi connectivity index (χ1v) is 17.7. The van der Waals surface area contributed by atoms with Gasteiger partial charge < -0.3 is 4.42 Å². The lowest BCUT2D eigenvalue weighted by molar-refractivity contribution is 0.666. The summed E-state index contributed by atoms with van der Waals surface area (Å²) in [6.07, 6.45) is 0. The molecule has 52 heavy (non-hydrogen) atoms. The van der Waals surface area contributed by atoms with Gasteiger partial charge in [-0.1, -0.05) is 140 Å². The van der Waals surface area contributed by atoms with Gasteiger partial charge in [-0.2, -0.15) is 0 Å². The van der Waals surface area contributed by atoms with E-state index in [0.717, 1.165) is 49.7 Å². The van der Waals surface area contributed by atoms with Gasteiger partial charge in [-0.15, -0.1) is 0 Å². The first-order valence-electron chi connectivity index (χ1n) is 17.7. The van der Waals surface area contributed by atoms with Gasteiger partial charge in [-0.3, -0.25) is 0 Å². The van der Waals surface area contributed by atoms with E-state index >= 15 is 0 Å². The van der Waals surface area contributed by atoms with E-state index in [-0.39, 0.29) is 0 Å². The van der Waals surface area contributed by atoms with Crippen LogP contribution >= 0.6 is 0 Å². The Morgan fingerprint density at radius 3 is 1.90 bits per heavy atom. The average molecular weight is 663 g/mol. The molecule has 8 aromatic carbocycles. The molecule has 2 aromatic heterocycles. The van der Waals surface area contributed by atoms with Crippen molar-refractivity contribution in [1.29, 1.82) is 0 Å². The predicted molar refractivity (Wildman–Crippen MR) is 212 cm³/mol. The summed E-state index contributed by atoms with van der Waals surface area (Å²) >= 11 is 0. The standard InChI is InChI=1S/C49H30N2O/c1-3-15-35(16-4-1)49(36-17-5-2-6-18-36)42-21-11-9-19-37(42)39-29-41-40-28-34(25-26-45(40)52-46(41)30-43(39)49)48-50-44-22-12-10-20-38(44)47(51-48)33-24-23-31-13-7-8-14-32(31)27-33/h1-30H. The Bertz CT molecular complexity index is 2980. The zero-order valence-electron chi connectivity index (χ0n) is 28.1. The third-order valence-electron chi connectivity index (χ3n) is 10.9. The summed E-state index contributed by atoms with van der Waals surface area (Å²) in [4.78, 5) is 10.3. The van der Waals surface area contributed by atoms with E-state index in [4.69, 9.17) is 14.4 Å². The van der Waals surface area contributed by atoms with Crippen LogP contribution in [0.3, 0.4) is 0 Å². The Kier molecular flexibility index (Phi) is 6.17. The third-order valence-corrected chi connectivity index (χ3v) is 10.9. The Morgan fingerprint density at radius 1 is 0.404 bits per heavy atom. The zero-order chi connectivity index (χ0) is 34.2. The number of aromatic nitrogens is 2. The summed E-state index contributed by atoms with van der Waals surface area (Å²) in [7, 11) is 0. The number of hydrogen-bond donors (Lipinski definition) is 0. The Balaban J connectivity index is 1.13. The second-order valence-electron chi connectivity index (χ2n) is 13.7. The number of hydrogen-bond acceptors (Lipinski definition) is 3. The first-order chi connectivity index (χ1) is 25.8. The summed E-state index contributed by atoms with van der Waals surface area (Å²) in [6.45, 7) is 0. The van der Waals surface area contributed by atoms with Gasteiger partial charge in [0.05, 0.1) is 16.6 Å². The van der Waals surface area contributed by atoms with Crippen LogP contribution in [0.4, 0.5) is 0 Å². The van der Waals surface area contributed by atoms with Gasteiger partial charge in [-0.05, 0) is 86.6 Å². The van der Waals surface area contributed by atoms with E-state index in [2.05, 4.69) is 176 Å². The number of para-hydroxylation sites is 1. The van der Waals surface area contributed by atoms with Crippen LogP contribution < -0.4 is 0 Å². The summed E-state index contributed by atoms with van der Waals surface area (Å²) < 4.78 is 6.70. The number of fused-ring (bicyclic) bond motifs is 8. The van der Waals surface area contributed by atoms with Gasteiger partial charge in [0.1, 0.15) is 11.2 Å². The molecule has 3 nitrogen and oxygen atoms in total. The van der Waals surface area contributed by atoms with Crippen LogP contribution in [0.25, 0.3) is 77.4 Å². The third kappa shape index (κ3) is 4.14. The Labute approximate surface area is 300 Å². The smallest absolute Gasteiger partial charge is 0.160 e. The molecule has 0 bridgehead atoms. The second kappa shape index (κ2) is 11.1. The highest BCUT2D eigenvalue weighted by molar-refractivity contribution is 6.09. The Hall–Kier alpha value is -6.84. The summed E-state index contributed by atoms with van der Waals surface area (Å²) in [5.74, 6) is 0.691. The van der Waals surface area contributed by atoms with Crippen molar-refractivity contribution in [2.75, 3.05) is 0 Å². The molecule has 0 radical (unpaired) electrons. The van der Waals surface area contributed by atoms with E-state index in [0.29, 0.717) is 5.82 Å². The van der Waals surface area contributed by atoms with Crippen molar-refractivity contribution in [1.82, 2.24) is 9.97 Å². The molecule has 0 spiro atoms. The van der Waals surface area contributed by atoms with E-state index in [1.807, 2.05) is 6.07 Å². The van der Waals surface area contributed by atoms with Crippen molar-refractivity contribution in [2.45, 2.75) is 5.41 Å². The van der Waals surface area contributed by atoms with E-state index < -0.39 is 5.41 Å². The van der Waals surface area contributed by atoms with Crippen LogP contribution in [0, 0.1) is 0 Å². The summed E-state index contributed by atoms with van der Waals surface area (Å²) in [5, 5.41) is 5.56. The molecule has 1 aliphatic rings. The molecule has 10 aromatic rings. The predicted octanol–water partition coefficient (Wildman–Crippen LogP) is 12.4. The highest BCUT2D eigenvalue weighted by atomic mass is 16.3. The van der Waals surface area contributed by atoms with Gasteiger partial charge in [0.2, 0.25) is 0 Å². The lowest BCUT2D eigenvalue weighted by Crippen LogP contribution is -2.28. The number of benzene rings is 8. The number of furan rings is 1. The van der Waals surface area contributed by atoms with E-state index in [9.17, 15) is 0 Å². The monoisotopic (exact) mass is 662 g/mol. The molecule has 0 aliphatic heterocycles. The molecule has 11 rings (SSSR count). The minimum atomic E-state index is -0.481. The van der Waals surface area contributed by atoms with E-state index in [1.54, 1.807) is 0 Å². The summed E-state index contributed by atoms with van der Waals surface area (Å²) in [6, 6.07) is 64.9. The topological polar surface area (TPSA) is 38.9 Å². The van der Waals surface area contributed by atoms with Crippen molar-refractivity contribution >= 4 is 43.6 Å². The zero-order valence-corrected chi connectivity index (χ0v) is 28.1. The van der Waals surface area contributed by atoms with Crippen LogP contribution in [-0.2, 0) is 5.41 Å². The first kappa shape index (κ1) is 28.9. The van der Waals surface area contributed by atoms with Gasteiger partial charge in [0, 0.05) is 27.3 Å². The SMILES string of the molecule is c1ccc(C2(c3ccccc3)c3ccccc3-c3cc4c(cc32)oc2ccc(-c3nc(-c5ccc6ccccc6c5)c5ccccc5n3)cc24)cc1. The second-order valence-corrected chi connectivity index (χ2v) is 13.7. The fraction of sp³-hybridized carbons (Fsp3) is 0.0204. The van der Waals surface area contributed by atoms with Crippen molar-refractivity contribution in [3.8, 4) is 33.8 Å². The minimum absolute atomic E-state index is 0.481. The molecule has 0 atom stereocenters. The fourth-order valence-electron chi connectivity index (χ4n) is 8.61. The molecule has 0 amide bonds. The highest BCUT2D eigenvalue weighted by Crippen LogP contribution is 2.57. The average Bonchev–Trinajstić information content (AvgIpc) is 3.72. The fourth-order valence-corrected chi connectivity index (χ4v) is 8.61. The van der Waals surface area contributed by atoms with Gasteiger partial charge in [-0.25, -0.2) is 9.97 Å². The number of nitrogens with zero attached hydrogens (tertiary/aromatic N) is 2. The normalized spacial score (nSPS) is 13.2. The maximum atomic E-state index is 6.70. The molecule has 0 N–H and O–H groups in total.